The Morgan fingerprint density at radius 3 is 2.62 bits per heavy atom. The molecule has 1 N–H and O–H groups in total. The van der Waals surface area contributed by atoms with Gasteiger partial charge < -0.3 is 0 Å². The number of carbonyl (C=O) groups is 1. The van der Waals surface area contributed by atoms with E-state index in [0.29, 0.717) is 24.3 Å². The topological polar surface area (TPSA) is 83.1 Å². The van der Waals surface area contributed by atoms with Gasteiger partial charge in [0, 0.05) is 18.7 Å². The van der Waals surface area contributed by atoms with Gasteiger partial charge in [-0.25, -0.2) is 12.8 Å². The number of carbonyl (C=O) groups excluding carboxylic acids is 1. The molecule has 29 heavy (non-hydrogen) atoms. The number of sulfonamides is 1. The Morgan fingerprint density at radius 1 is 1.17 bits per heavy atom. The fraction of sp³-hybridized carbons (Fsp3) is 0.238. The van der Waals surface area contributed by atoms with Gasteiger partial charge in [-0.3, -0.25) is 14.2 Å². The van der Waals surface area contributed by atoms with Gasteiger partial charge in [0.25, 0.3) is 10.0 Å². The molecule has 1 aliphatic rings. The maximum atomic E-state index is 13.2. The van der Waals surface area contributed by atoms with Crippen LogP contribution < -0.4 is 4.31 Å². The highest BCUT2D eigenvalue weighted by Gasteiger charge is 2.29. The number of Topliss-reactive ketones (excluding diaryl/α,β-unsaturated/α-hetero) is 1. The van der Waals surface area contributed by atoms with Gasteiger partial charge in [0.05, 0.1) is 10.6 Å². The lowest BCUT2D eigenvalue weighted by atomic mass is 9.98. The van der Waals surface area contributed by atoms with E-state index in [9.17, 15) is 17.6 Å². The molecule has 0 saturated heterocycles. The summed E-state index contributed by atoms with van der Waals surface area (Å²) in [5, 5.41) is 6.74. The predicted octanol–water partition coefficient (Wildman–Crippen LogP) is 3.42. The van der Waals surface area contributed by atoms with Crippen LogP contribution in [-0.2, 0) is 22.9 Å². The largest absolute Gasteiger partial charge is 0.292 e. The molecule has 1 aliphatic heterocycles. The van der Waals surface area contributed by atoms with Crippen molar-refractivity contribution in [1.29, 1.82) is 0 Å². The number of aromatic amines is 1. The van der Waals surface area contributed by atoms with Crippen molar-refractivity contribution in [2.45, 2.75) is 31.1 Å². The lowest BCUT2D eigenvalue weighted by molar-refractivity contribution is 0.0988. The van der Waals surface area contributed by atoms with Crippen LogP contribution in [0.25, 0.3) is 0 Å². The lowest BCUT2D eigenvalue weighted by Gasteiger charge is -2.31. The number of halogens is 1. The van der Waals surface area contributed by atoms with E-state index in [-0.39, 0.29) is 17.1 Å². The van der Waals surface area contributed by atoms with Gasteiger partial charge in [0.15, 0.2) is 5.78 Å². The number of H-pyrrole nitrogens is 1. The zero-order chi connectivity index (χ0) is 20.6. The van der Waals surface area contributed by atoms with Gasteiger partial charge in [0.2, 0.25) is 0 Å². The van der Waals surface area contributed by atoms with Gasteiger partial charge in [-0.1, -0.05) is 12.1 Å². The lowest BCUT2D eigenvalue weighted by Crippen LogP contribution is -2.35. The van der Waals surface area contributed by atoms with E-state index in [1.165, 1.54) is 16.4 Å². The Labute approximate surface area is 168 Å². The second-order valence-electron chi connectivity index (χ2n) is 7.13. The van der Waals surface area contributed by atoms with Crippen LogP contribution in [0, 0.1) is 12.7 Å². The van der Waals surface area contributed by atoms with Gasteiger partial charge in [-0.2, -0.15) is 5.10 Å². The van der Waals surface area contributed by atoms with E-state index in [1.54, 1.807) is 12.1 Å². The quantitative estimate of drug-likeness (QED) is 0.650. The monoisotopic (exact) mass is 413 g/mol. The molecular weight excluding hydrogens is 393 g/mol. The van der Waals surface area contributed by atoms with E-state index >= 15 is 0 Å². The third kappa shape index (κ3) is 3.80. The molecule has 0 atom stereocenters. The van der Waals surface area contributed by atoms with Crippen molar-refractivity contribution < 1.29 is 17.6 Å². The molecule has 2 heterocycles. The van der Waals surface area contributed by atoms with Crippen molar-refractivity contribution in [3.8, 4) is 0 Å². The Hall–Kier alpha value is -3.00. The van der Waals surface area contributed by atoms with E-state index in [4.69, 9.17) is 0 Å². The molecule has 0 aliphatic carbocycles. The number of rotatable bonds is 5. The van der Waals surface area contributed by atoms with Gasteiger partial charge >= 0.3 is 0 Å². The number of aryl methyl sites for hydroxylation is 2. The number of hydrogen-bond acceptors (Lipinski definition) is 4. The molecule has 3 aromatic rings. The van der Waals surface area contributed by atoms with Crippen molar-refractivity contribution >= 4 is 21.5 Å². The number of nitrogens with one attached hydrogen (secondary N) is 1. The summed E-state index contributed by atoms with van der Waals surface area (Å²) in [5.41, 5.74) is 3.36. The summed E-state index contributed by atoms with van der Waals surface area (Å²) in [6, 6.07) is 12.0. The van der Waals surface area contributed by atoms with Crippen LogP contribution in [0.15, 0.2) is 53.4 Å². The molecule has 150 valence electrons. The maximum Gasteiger partial charge on any atom is 0.264 e. The minimum atomic E-state index is -3.82. The highest BCUT2D eigenvalue weighted by atomic mass is 32.2. The Morgan fingerprint density at radius 2 is 1.93 bits per heavy atom. The summed E-state index contributed by atoms with van der Waals surface area (Å²) in [6.45, 7) is 2.16. The molecule has 0 saturated carbocycles. The Kier molecular flexibility index (Phi) is 4.96. The van der Waals surface area contributed by atoms with E-state index in [1.807, 2.05) is 19.1 Å². The first kappa shape index (κ1) is 19.3. The number of fused-ring (bicyclic) bond motifs is 1. The van der Waals surface area contributed by atoms with Crippen LogP contribution in [0.2, 0.25) is 0 Å². The van der Waals surface area contributed by atoms with Crippen molar-refractivity contribution in [3.05, 3.63) is 76.9 Å². The highest BCUT2D eigenvalue weighted by Crippen LogP contribution is 2.33. The average Bonchev–Trinajstić information content (AvgIpc) is 3.14. The smallest absolute Gasteiger partial charge is 0.264 e. The molecule has 0 spiro atoms. The molecule has 2 aromatic carbocycles. The molecule has 0 bridgehead atoms. The molecule has 1 aromatic heterocycles. The summed E-state index contributed by atoms with van der Waals surface area (Å²) in [5.74, 6) is -0.629. The molecule has 0 fully saturated rings. The fourth-order valence-corrected chi connectivity index (χ4v) is 5.05. The first-order chi connectivity index (χ1) is 13.8. The number of benzene rings is 2. The highest BCUT2D eigenvalue weighted by molar-refractivity contribution is 7.92. The van der Waals surface area contributed by atoms with Crippen LogP contribution in [-0.4, -0.2) is 30.9 Å². The SMILES string of the molecule is Cc1cc(C(=O)Cc2ccc3c(c2)N(S(=O)(=O)c2ccc(F)cc2)CCC3)n[nH]1. The van der Waals surface area contributed by atoms with Crippen LogP contribution in [0.3, 0.4) is 0 Å². The summed E-state index contributed by atoms with van der Waals surface area (Å²) in [6.07, 6.45) is 1.58. The van der Waals surface area contributed by atoms with Crippen LogP contribution in [0.5, 0.6) is 0 Å². The molecular formula is C21H20FN3O3S. The summed E-state index contributed by atoms with van der Waals surface area (Å²) in [4.78, 5) is 12.5. The fourth-order valence-electron chi connectivity index (χ4n) is 3.52. The molecule has 6 nitrogen and oxygen atoms in total. The summed E-state index contributed by atoms with van der Waals surface area (Å²) >= 11 is 0. The second-order valence-corrected chi connectivity index (χ2v) is 9.00. The standard InChI is InChI=1S/C21H20FN3O3S/c1-14-11-19(24-23-14)21(26)13-15-4-5-16-3-2-10-25(20(16)12-15)29(27,28)18-8-6-17(22)7-9-18/h4-9,11-12H,2-3,10,13H2,1H3,(H,23,24). The van der Waals surface area contributed by atoms with Gasteiger partial charge in [-0.05, 0) is 67.3 Å². The molecule has 8 heteroatoms. The maximum absolute atomic E-state index is 13.2. The van der Waals surface area contributed by atoms with Crippen LogP contribution >= 0.6 is 0 Å². The first-order valence-corrected chi connectivity index (χ1v) is 10.7. The van der Waals surface area contributed by atoms with Crippen molar-refractivity contribution in [2.75, 3.05) is 10.8 Å². The average molecular weight is 413 g/mol. The van der Waals surface area contributed by atoms with E-state index in [2.05, 4.69) is 10.2 Å². The minimum Gasteiger partial charge on any atom is -0.292 e. The molecule has 0 amide bonds. The summed E-state index contributed by atoms with van der Waals surface area (Å²) < 4.78 is 40.9. The molecule has 4 rings (SSSR count). The predicted molar refractivity (Wildman–Crippen MR) is 107 cm³/mol. The third-order valence-electron chi connectivity index (χ3n) is 4.98. The first-order valence-electron chi connectivity index (χ1n) is 9.30. The molecule has 0 unspecified atom stereocenters. The van der Waals surface area contributed by atoms with Crippen molar-refractivity contribution in [3.63, 3.8) is 0 Å². The van der Waals surface area contributed by atoms with Crippen molar-refractivity contribution in [2.24, 2.45) is 0 Å². The van der Waals surface area contributed by atoms with Crippen LogP contribution in [0.1, 0.15) is 33.7 Å². The normalized spacial score (nSPS) is 13.9. The van der Waals surface area contributed by atoms with Gasteiger partial charge in [-0.15, -0.1) is 0 Å². The summed E-state index contributed by atoms with van der Waals surface area (Å²) in [7, 11) is -3.82. The Bertz CT molecular complexity index is 1170. The Balaban J connectivity index is 1.66. The number of nitrogens with zero attached hydrogens (tertiary/aromatic N) is 2. The zero-order valence-electron chi connectivity index (χ0n) is 15.9. The molecule has 0 radical (unpaired) electrons. The third-order valence-corrected chi connectivity index (χ3v) is 6.81. The van der Waals surface area contributed by atoms with E-state index < -0.39 is 15.8 Å². The van der Waals surface area contributed by atoms with Crippen molar-refractivity contribution in [1.82, 2.24) is 10.2 Å². The minimum absolute atomic E-state index is 0.0419. The number of aromatic nitrogens is 2. The second kappa shape index (κ2) is 7.44. The van der Waals surface area contributed by atoms with Gasteiger partial charge in [0.1, 0.15) is 11.5 Å². The zero-order valence-corrected chi connectivity index (χ0v) is 16.7. The number of hydrogen-bond donors (Lipinski definition) is 1. The number of anilines is 1. The van der Waals surface area contributed by atoms with E-state index in [0.717, 1.165) is 35.4 Å². The van der Waals surface area contributed by atoms with Crippen LogP contribution in [0.4, 0.5) is 10.1 Å². The number of ketones is 1.